The van der Waals surface area contributed by atoms with Gasteiger partial charge in [-0.1, -0.05) is 6.42 Å². The van der Waals surface area contributed by atoms with Crippen LogP contribution < -0.4 is 0 Å². The molecule has 0 N–H and O–H groups in total. The van der Waals surface area contributed by atoms with Gasteiger partial charge >= 0.3 is 0 Å². The summed E-state index contributed by atoms with van der Waals surface area (Å²) in [6.07, 6.45) is 4.21. The second-order valence-corrected chi connectivity index (χ2v) is 4.72. The van der Waals surface area contributed by atoms with E-state index in [-0.39, 0.29) is 0 Å². The van der Waals surface area contributed by atoms with Crippen molar-refractivity contribution in [3.8, 4) is 0 Å². The van der Waals surface area contributed by atoms with Crippen LogP contribution in [0.5, 0.6) is 0 Å². The lowest BCUT2D eigenvalue weighted by Crippen LogP contribution is -2.32. The monoisotopic (exact) mass is 163 g/mol. The zero-order valence-corrected chi connectivity index (χ0v) is 8.02. The van der Waals surface area contributed by atoms with Crippen LogP contribution in [0.3, 0.4) is 0 Å². The molecule has 0 bridgehead atoms. The topological polar surface area (TPSA) is 3.24 Å². The second-order valence-electron chi connectivity index (χ2n) is 2.59. The molecule has 0 aromatic rings. The second kappa shape index (κ2) is 3.86. The first kappa shape index (κ1) is 7.92. The Hall–Kier alpha value is 0.820. The van der Waals surface area contributed by atoms with Crippen LogP contribution in [0.15, 0.2) is 0 Å². The Bertz CT molecular complexity index is 79.1. The predicted molar refractivity (Wildman–Crippen MR) is 48.6 cm³/mol. The molecule has 1 aliphatic rings. The number of hydrogen-bond donors (Lipinski definition) is 0. The molecule has 1 nitrogen and oxygen atoms in total. The van der Waals surface area contributed by atoms with Crippen molar-refractivity contribution in [1.29, 1.82) is 0 Å². The summed E-state index contributed by atoms with van der Waals surface area (Å²) in [5.41, 5.74) is 0.602. The van der Waals surface area contributed by atoms with E-state index in [2.05, 4.69) is 23.4 Å². The molecule has 1 saturated heterocycles. The van der Waals surface area contributed by atoms with Crippen LogP contribution >= 0.6 is 18.5 Å². The first-order valence-electron chi connectivity index (χ1n) is 3.56. The molecule has 0 radical (unpaired) electrons. The first-order chi connectivity index (χ1) is 4.30. The van der Waals surface area contributed by atoms with E-state index in [0.717, 1.165) is 0 Å². The molecule has 0 aromatic carbocycles. The summed E-state index contributed by atoms with van der Waals surface area (Å²) in [5.74, 6) is 0. The maximum atomic E-state index is 2.81. The highest BCUT2D eigenvalue weighted by Gasteiger charge is 2.11. The molecule has 0 aromatic heterocycles. The number of hydrogen-bond acceptors (Lipinski definition) is 1. The van der Waals surface area contributed by atoms with Crippen LogP contribution in [-0.2, 0) is 0 Å². The van der Waals surface area contributed by atoms with E-state index in [9.17, 15) is 0 Å². The molecule has 3 heteroatoms. The molecule has 0 spiro atoms. The van der Waals surface area contributed by atoms with E-state index in [1.165, 1.54) is 32.4 Å². The Morgan fingerprint density at radius 1 is 1.00 bits per heavy atom. The standard InChI is InChI=1S/C6H15NP2/c8-6(9)7-4-2-1-3-5-7/h6H,1-5,8-9H2. The van der Waals surface area contributed by atoms with Gasteiger partial charge in [-0.15, -0.1) is 18.5 Å². The van der Waals surface area contributed by atoms with Crippen molar-refractivity contribution in [2.75, 3.05) is 13.1 Å². The Labute approximate surface area is 62.0 Å². The smallest absolute Gasteiger partial charge is 0.0378 e. The van der Waals surface area contributed by atoms with E-state index < -0.39 is 0 Å². The SMILES string of the molecule is PC(P)N1CCCCC1. The summed E-state index contributed by atoms with van der Waals surface area (Å²) in [6.45, 7) is 2.58. The van der Waals surface area contributed by atoms with E-state index in [1.807, 2.05) is 0 Å². The highest BCUT2D eigenvalue weighted by molar-refractivity contribution is 7.37. The fraction of sp³-hybridized carbons (Fsp3) is 1.00. The van der Waals surface area contributed by atoms with E-state index in [4.69, 9.17) is 0 Å². The van der Waals surface area contributed by atoms with Gasteiger partial charge in [0.2, 0.25) is 0 Å². The molecule has 1 aliphatic heterocycles. The summed E-state index contributed by atoms with van der Waals surface area (Å²) < 4.78 is 0. The van der Waals surface area contributed by atoms with Gasteiger partial charge in [-0.2, -0.15) is 0 Å². The van der Waals surface area contributed by atoms with Gasteiger partial charge in [-0.3, -0.25) is 4.90 Å². The van der Waals surface area contributed by atoms with Crippen LogP contribution in [0, 0.1) is 0 Å². The normalized spacial score (nSPS) is 23.0. The third-order valence-corrected chi connectivity index (χ3v) is 2.66. The fourth-order valence-corrected chi connectivity index (χ4v) is 1.81. The number of nitrogens with zero attached hydrogens (tertiary/aromatic N) is 1. The van der Waals surface area contributed by atoms with Crippen LogP contribution in [0.2, 0.25) is 0 Å². The molecular weight excluding hydrogens is 148 g/mol. The van der Waals surface area contributed by atoms with Crippen LogP contribution in [0.4, 0.5) is 0 Å². The highest BCUT2D eigenvalue weighted by atomic mass is 31.1. The summed E-state index contributed by atoms with van der Waals surface area (Å²) in [7, 11) is 5.63. The number of likely N-dealkylation sites (tertiary alicyclic amines) is 1. The largest absolute Gasteiger partial charge is 0.294 e. The van der Waals surface area contributed by atoms with Gasteiger partial charge in [0.1, 0.15) is 0 Å². The van der Waals surface area contributed by atoms with Gasteiger partial charge in [-0.25, -0.2) is 0 Å². The summed E-state index contributed by atoms with van der Waals surface area (Å²) in [4.78, 5) is 2.48. The predicted octanol–water partition coefficient (Wildman–Crippen LogP) is 1.51. The molecule has 0 amide bonds. The Morgan fingerprint density at radius 2 is 1.56 bits per heavy atom. The summed E-state index contributed by atoms with van der Waals surface area (Å²) in [6, 6.07) is 0. The quantitative estimate of drug-likeness (QED) is 0.529. The lowest BCUT2D eigenvalue weighted by Gasteiger charge is -2.29. The van der Waals surface area contributed by atoms with E-state index in [1.54, 1.807) is 0 Å². The molecule has 2 unspecified atom stereocenters. The Kier molecular flexibility index (Phi) is 3.40. The molecule has 54 valence electrons. The van der Waals surface area contributed by atoms with Gasteiger partial charge in [-0.05, 0) is 25.9 Å². The summed E-state index contributed by atoms with van der Waals surface area (Å²) >= 11 is 0. The maximum Gasteiger partial charge on any atom is 0.0378 e. The van der Waals surface area contributed by atoms with Crippen molar-refractivity contribution < 1.29 is 0 Å². The maximum absolute atomic E-state index is 2.81. The number of rotatable bonds is 1. The van der Waals surface area contributed by atoms with Crippen molar-refractivity contribution in [3.05, 3.63) is 0 Å². The van der Waals surface area contributed by atoms with E-state index >= 15 is 0 Å². The molecular formula is C6H15NP2. The average molecular weight is 163 g/mol. The van der Waals surface area contributed by atoms with Crippen LogP contribution in [0.1, 0.15) is 19.3 Å². The molecule has 0 aliphatic carbocycles. The van der Waals surface area contributed by atoms with E-state index in [0.29, 0.717) is 5.52 Å². The summed E-state index contributed by atoms with van der Waals surface area (Å²) in [5, 5.41) is 0. The van der Waals surface area contributed by atoms with Crippen molar-refractivity contribution in [2.45, 2.75) is 24.8 Å². The van der Waals surface area contributed by atoms with Crippen molar-refractivity contribution >= 4 is 18.5 Å². The van der Waals surface area contributed by atoms with Crippen molar-refractivity contribution in [3.63, 3.8) is 0 Å². The zero-order valence-electron chi connectivity index (χ0n) is 5.71. The fourth-order valence-electron chi connectivity index (χ4n) is 1.22. The lowest BCUT2D eigenvalue weighted by atomic mass is 10.1. The molecule has 0 saturated carbocycles. The Balaban J connectivity index is 2.23. The zero-order chi connectivity index (χ0) is 6.69. The molecule has 1 fully saturated rings. The molecule has 1 heterocycles. The Morgan fingerprint density at radius 3 is 1.89 bits per heavy atom. The van der Waals surface area contributed by atoms with Gasteiger partial charge in [0.15, 0.2) is 0 Å². The minimum Gasteiger partial charge on any atom is -0.294 e. The van der Waals surface area contributed by atoms with Gasteiger partial charge in [0.25, 0.3) is 0 Å². The first-order valence-corrected chi connectivity index (χ1v) is 4.89. The number of piperidine rings is 1. The van der Waals surface area contributed by atoms with Gasteiger partial charge < -0.3 is 0 Å². The minimum atomic E-state index is 0.602. The molecule has 2 atom stereocenters. The van der Waals surface area contributed by atoms with Crippen molar-refractivity contribution in [1.82, 2.24) is 4.90 Å². The van der Waals surface area contributed by atoms with Gasteiger partial charge in [0.05, 0.1) is 0 Å². The average Bonchev–Trinajstić information content (AvgIpc) is 1.90. The van der Waals surface area contributed by atoms with Gasteiger partial charge in [0, 0.05) is 5.52 Å². The molecule has 9 heavy (non-hydrogen) atoms. The molecule has 1 rings (SSSR count). The third kappa shape index (κ3) is 2.50. The highest BCUT2D eigenvalue weighted by Crippen LogP contribution is 2.19. The van der Waals surface area contributed by atoms with Crippen molar-refractivity contribution in [2.24, 2.45) is 0 Å². The third-order valence-electron chi connectivity index (χ3n) is 1.81. The van der Waals surface area contributed by atoms with Crippen LogP contribution in [0.25, 0.3) is 0 Å². The van der Waals surface area contributed by atoms with Crippen LogP contribution in [-0.4, -0.2) is 23.5 Å². The lowest BCUT2D eigenvalue weighted by molar-refractivity contribution is 0.251. The minimum absolute atomic E-state index is 0.602.